The molecule has 0 saturated heterocycles. The fraction of sp³-hybridized carbons (Fsp3) is 0.385. The van der Waals surface area contributed by atoms with Crippen LogP contribution >= 0.6 is 0 Å². The molecule has 0 radical (unpaired) electrons. The van der Waals surface area contributed by atoms with Crippen LogP contribution < -0.4 is 9.47 Å². The molecule has 18 heavy (non-hydrogen) atoms. The summed E-state index contributed by atoms with van der Waals surface area (Å²) in [5, 5.41) is 0.930. The van der Waals surface area contributed by atoms with E-state index in [1.165, 1.54) is 6.33 Å². The van der Waals surface area contributed by atoms with Gasteiger partial charge in [0.1, 0.15) is 18.1 Å². The predicted molar refractivity (Wildman–Crippen MR) is 69.9 cm³/mol. The number of rotatable bonds is 4. The van der Waals surface area contributed by atoms with Gasteiger partial charge in [0.05, 0.1) is 7.11 Å². The molecule has 0 aliphatic heterocycles. The zero-order valence-corrected chi connectivity index (χ0v) is 11.0. The van der Waals surface area contributed by atoms with Crippen LogP contribution in [0.15, 0.2) is 24.7 Å². The molecule has 5 heteroatoms. The van der Waals surface area contributed by atoms with E-state index < -0.39 is 0 Å². The molecule has 0 bridgehead atoms. The molecule has 0 aliphatic carbocycles. The van der Waals surface area contributed by atoms with Gasteiger partial charge in [0.2, 0.25) is 0 Å². The third-order valence-corrected chi connectivity index (χ3v) is 2.82. The van der Waals surface area contributed by atoms with Gasteiger partial charge in [0.15, 0.2) is 11.5 Å². The highest BCUT2D eigenvalue weighted by Crippen LogP contribution is 2.34. The standard InChI is InChI=1S/C13H17N3O2/c1-9(16(2)3)18-11-6-5-10-7-14-8-15-12(10)13(11)17-4/h5-9H,1-4H3. The molecular formula is C13H17N3O2. The molecule has 0 aliphatic rings. The Labute approximate surface area is 106 Å². The first-order valence-corrected chi connectivity index (χ1v) is 5.73. The SMILES string of the molecule is COc1c(OC(C)N(C)C)ccc2cncnc12. The molecule has 0 spiro atoms. The molecule has 5 nitrogen and oxygen atoms in total. The Morgan fingerprint density at radius 2 is 2.06 bits per heavy atom. The summed E-state index contributed by atoms with van der Waals surface area (Å²) in [6.45, 7) is 1.98. The second-order valence-electron chi connectivity index (χ2n) is 4.24. The van der Waals surface area contributed by atoms with E-state index in [-0.39, 0.29) is 6.23 Å². The van der Waals surface area contributed by atoms with Crippen LogP contribution in [-0.4, -0.2) is 42.3 Å². The number of methoxy groups -OCH3 is 1. The van der Waals surface area contributed by atoms with Crippen LogP contribution in [-0.2, 0) is 0 Å². The summed E-state index contributed by atoms with van der Waals surface area (Å²) in [7, 11) is 5.53. The van der Waals surface area contributed by atoms with Gasteiger partial charge in [-0.15, -0.1) is 0 Å². The molecule has 1 aromatic heterocycles. The van der Waals surface area contributed by atoms with Crippen LogP contribution in [0.25, 0.3) is 10.9 Å². The fourth-order valence-corrected chi connectivity index (χ4v) is 1.59. The lowest BCUT2D eigenvalue weighted by molar-refractivity contribution is 0.0787. The van der Waals surface area contributed by atoms with Crippen molar-refractivity contribution in [1.29, 1.82) is 0 Å². The van der Waals surface area contributed by atoms with Gasteiger partial charge < -0.3 is 9.47 Å². The quantitative estimate of drug-likeness (QED) is 0.772. The van der Waals surface area contributed by atoms with Crippen molar-refractivity contribution in [2.75, 3.05) is 21.2 Å². The topological polar surface area (TPSA) is 47.5 Å². The van der Waals surface area contributed by atoms with Gasteiger partial charge in [0, 0.05) is 11.6 Å². The summed E-state index contributed by atoms with van der Waals surface area (Å²) >= 11 is 0. The largest absolute Gasteiger partial charge is 0.491 e. The second kappa shape index (κ2) is 5.18. The first-order valence-electron chi connectivity index (χ1n) is 5.73. The van der Waals surface area contributed by atoms with Crippen LogP contribution in [0.5, 0.6) is 11.5 Å². The number of ether oxygens (including phenoxy) is 2. The van der Waals surface area contributed by atoms with E-state index in [0.29, 0.717) is 11.5 Å². The van der Waals surface area contributed by atoms with Crippen molar-refractivity contribution in [3.8, 4) is 11.5 Å². The van der Waals surface area contributed by atoms with Gasteiger partial charge in [-0.3, -0.25) is 4.90 Å². The van der Waals surface area contributed by atoms with Crippen molar-refractivity contribution >= 4 is 10.9 Å². The average Bonchev–Trinajstić information content (AvgIpc) is 2.38. The summed E-state index contributed by atoms with van der Waals surface area (Å²) in [5.74, 6) is 1.33. The van der Waals surface area contributed by atoms with Crippen LogP contribution in [0.2, 0.25) is 0 Å². The van der Waals surface area contributed by atoms with Gasteiger partial charge >= 0.3 is 0 Å². The zero-order valence-electron chi connectivity index (χ0n) is 11.0. The molecule has 96 valence electrons. The van der Waals surface area contributed by atoms with Gasteiger partial charge in [0.25, 0.3) is 0 Å². The third kappa shape index (κ3) is 2.36. The Bertz CT molecular complexity index is 543. The average molecular weight is 247 g/mol. The van der Waals surface area contributed by atoms with E-state index in [1.807, 2.05) is 38.1 Å². The number of benzene rings is 1. The van der Waals surface area contributed by atoms with Crippen molar-refractivity contribution in [1.82, 2.24) is 14.9 Å². The van der Waals surface area contributed by atoms with Gasteiger partial charge in [-0.2, -0.15) is 0 Å². The summed E-state index contributed by atoms with van der Waals surface area (Å²) in [6, 6.07) is 3.81. The van der Waals surface area contributed by atoms with Crippen LogP contribution in [0.4, 0.5) is 0 Å². The van der Waals surface area contributed by atoms with Gasteiger partial charge in [-0.05, 0) is 33.2 Å². The van der Waals surface area contributed by atoms with E-state index in [2.05, 4.69) is 9.97 Å². The highest BCUT2D eigenvalue weighted by molar-refractivity contribution is 5.86. The summed E-state index contributed by atoms with van der Waals surface area (Å²) in [5.41, 5.74) is 0.760. The Kier molecular flexibility index (Phi) is 3.62. The highest BCUT2D eigenvalue weighted by atomic mass is 16.5. The molecule has 1 aromatic carbocycles. The molecule has 2 aromatic rings. The molecule has 0 amide bonds. The Morgan fingerprint density at radius 1 is 1.28 bits per heavy atom. The van der Waals surface area contributed by atoms with Crippen molar-refractivity contribution in [2.45, 2.75) is 13.2 Å². The highest BCUT2D eigenvalue weighted by Gasteiger charge is 2.14. The number of nitrogens with zero attached hydrogens (tertiary/aromatic N) is 3. The Balaban J connectivity index is 2.45. The van der Waals surface area contributed by atoms with Gasteiger partial charge in [-0.1, -0.05) is 0 Å². The first kappa shape index (κ1) is 12.6. The van der Waals surface area contributed by atoms with Gasteiger partial charge in [-0.25, -0.2) is 9.97 Å². The number of hydrogen-bond donors (Lipinski definition) is 0. The van der Waals surface area contributed by atoms with Crippen molar-refractivity contribution < 1.29 is 9.47 Å². The van der Waals surface area contributed by atoms with E-state index in [1.54, 1.807) is 13.3 Å². The smallest absolute Gasteiger partial charge is 0.187 e. The lowest BCUT2D eigenvalue weighted by Gasteiger charge is -2.22. The third-order valence-electron chi connectivity index (χ3n) is 2.82. The monoisotopic (exact) mass is 247 g/mol. The number of hydrogen-bond acceptors (Lipinski definition) is 5. The maximum atomic E-state index is 5.85. The van der Waals surface area contributed by atoms with Crippen LogP contribution in [0, 0.1) is 0 Å². The number of aromatic nitrogens is 2. The van der Waals surface area contributed by atoms with Crippen molar-refractivity contribution in [3.05, 3.63) is 24.7 Å². The second-order valence-corrected chi connectivity index (χ2v) is 4.24. The molecule has 1 heterocycles. The summed E-state index contributed by atoms with van der Waals surface area (Å²) in [6.07, 6.45) is 3.21. The van der Waals surface area contributed by atoms with Crippen molar-refractivity contribution in [3.63, 3.8) is 0 Å². The molecule has 1 atom stereocenters. The van der Waals surface area contributed by atoms with E-state index in [4.69, 9.17) is 9.47 Å². The van der Waals surface area contributed by atoms with E-state index in [9.17, 15) is 0 Å². The fourth-order valence-electron chi connectivity index (χ4n) is 1.59. The minimum atomic E-state index is -0.0433. The first-order chi connectivity index (χ1) is 8.63. The molecule has 0 fully saturated rings. The minimum absolute atomic E-state index is 0.0433. The lowest BCUT2D eigenvalue weighted by atomic mass is 10.2. The predicted octanol–water partition coefficient (Wildman–Crippen LogP) is 1.92. The molecule has 2 rings (SSSR count). The molecule has 0 N–H and O–H groups in total. The maximum absolute atomic E-state index is 5.85. The molecular weight excluding hydrogens is 230 g/mol. The van der Waals surface area contributed by atoms with Crippen molar-refractivity contribution in [2.24, 2.45) is 0 Å². The number of fused-ring (bicyclic) bond motifs is 1. The van der Waals surface area contributed by atoms with Crippen LogP contribution in [0.1, 0.15) is 6.92 Å². The minimum Gasteiger partial charge on any atom is -0.491 e. The lowest BCUT2D eigenvalue weighted by Crippen LogP contribution is -2.30. The Hall–Kier alpha value is -1.88. The van der Waals surface area contributed by atoms with E-state index >= 15 is 0 Å². The molecule has 0 saturated carbocycles. The summed E-state index contributed by atoms with van der Waals surface area (Å²) < 4.78 is 11.3. The maximum Gasteiger partial charge on any atom is 0.187 e. The normalized spacial score (nSPS) is 12.7. The summed E-state index contributed by atoms with van der Waals surface area (Å²) in [4.78, 5) is 10.2. The van der Waals surface area contributed by atoms with Crippen LogP contribution in [0.3, 0.4) is 0 Å². The van der Waals surface area contributed by atoms with E-state index in [0.717, 1.165) is 10.9 Å². The zero-order chi connectivity index (χ0) is 13.1. The Morgan fingerprint density at radius 3 is 2.72 bits per heavy atom. The molecule has 1 unspecified atom stereocenters.